The van der Waals surface area contributed by atoms with Gasteiger partial charge >= 0.3 is 0 Å². The van der Waals surface area contributed by atoms with Crippen LogP contribution in [0.3, 0.4) is 0 Å². The van der Waals surface area contributed by atoms with Crippen LogP contribution in [-0.4, -0.2) is 40.9 Å². The number of thioether (sulfide) groups is 1. The maximum absolute atomic E-state index is 12.8. The van der Waals surface area contributed by atoms with Crippen molar-refractivity contribution in [2.24, 2.45) is 5.92 Å². The van der Waals surface area contributed by atoms with Gasteiger partial charge in [-0.25, -0.2) is 4.39 Å². The van der Waals surface area contributed by atoms with E-state index in [-0.39, 0.29) is 24.4 Å². The largest absolute Gasteiger partial charge is 0.394 e. The Hall–Kier alpha value is -1.07. The molecule has 2 rings (SSSR count). The topological polar surface area (TPSA) is 40.5 Å². The molecule has 0 aliphatic carbocycles. The average molecular weight is 297 g/mol. The van der Waals surface area contributed by atoms with Crippen molar-refractivity contribution in [2.75, 3.05) is 18.9 Å². The molecule has 1 aromatic carbocycles. The van der Waals surface area contributed by atoms with E-state index in [0.717, 1.165) is 18.5 Å². The number of hydrogen-bond acceptors (Lipinski definition) is 3. The van der Waals surface area contributed by atoms with Crippen LogP contribution in [0.2, 0.25) is 0 Å². The van der Waals surface area contributed by atoms with Crippen LogP contribution >= 0.6 is 11.8 Å². The van der Waals surface area contributed by atoms with E-state index >= 15 is 0 Å². The van der Waals surface area contributed by atoms with Crippen molar-refractivity contribution in [1.82, 2.24) is 4.90 Å². The van der Waals surface area contributed by atoms with Crippen LogP contribution in [0.25, 0.3) is 0 Å². The summed E-state index contributed by atoms with van der Waals surface area (Å²) in [6.07, 6.45) is 0.958. The van der Waals surface area contributed by atoms with Gasteiger partial charge in [-0.1, -0.05) is 19.1 Å². The molecule has 1 aliphatic heterocycles. The van der Waals surface area contributed by atoms with Crippen LogP contribution in [0.1, 0.15) is 18.9 Å². The van der Waals surface area contributed by atoms with Crippen molar-refractivity contribution in [3.8, 4) is 0 Å². The van der Waals surface area contributed by atoms with E-state index in [1.807, 2.05) is 0 Å². The highest BCUT2D eigenvalue weighted by Crippen LogP contribution is 2.24. The summed E-state index contributed by atoms with van der Waals surface area (Å²) in [5.41, 5.74) is 1.01. The molecule has 1 fully saturated rings. The molecule has 1 N–H and O–H groups in total. The first kappa shape index (κ1) is 15.3. The third kappa shape index (κ3) is 3.73. The molecule has 5 heteroatoms. The smallest absolute Gasteiger partial charge is 0.232 e. The molecule has 0 aromatic heterocycles. The lowest BCUT2D eigenvalue weighted by Gasteiger charge is -2.25. The van der Waals surface area contributed by atoms with Crippen molar-refractivity contribution in [2.45, 2.75) is 25.1 Å². The second-order valence-corrected chi connectivity index (χ2v) is 6.21. The van der Waals surface area contributed by atoms with Gasteiger partial charge in [-0.3, -0.25) is 4.79 Å². The minimum atomic E-state index is -0.244. The minimum absolute atomic E-state index is 0.0334. The summed E-state index contributed by atoms with van der Waals surface area (Å²) in [5, 5.41) is 9.35. The van der Waals surface area contributed by atoms with Crippen molar-refractivity contribution in [1.29, 1.82) is 0 Å². The van der Waals surface area contributed by atoms with E-state index in [1.54, 1.807) is 17.0 Å². The van der Waals surface area contributed by atoms with Crippen molar-refractivity contribution < 1.29 is 14.3 Å². The Bertz CT molecular complexity index is 452. The molecule has 2 unspecified atom stereocenters. The Morgan fingerprint density at radius 1 is 1.45 bits per heavy atom. The van der Waals surface area contributed by atoms with Crippen LogP contribution in [0, 0.1) is 11.7 Å². The number of nitrogens with zero attached hydrogens (tertiary/aromatic N) is 1. The van der Waals surface area contributed by atoms with Gasteiger partial charge in [-0.15, -0.1) is 11.8 Å². The molecule has 0 radical (unpaired) electrons. The fraction of sp³-hybridized carbons (Fsp3) is 0.533. The van der Waals surface area contributed by atoms with Gasteiger partial charge in [-0.05, 0) is 30.0 Å². The highest BCUT2D eigenvalue weighted by molar-refractivity contribution is 7.99. The molecule has 1 aliphatic rings. The molecule has 1 amide bonds. The second-order valence-electron chi connectivity index (χ2n) is 5.22. The number of aliphatic hydroxyl groups excluding tert-OH is 1. The Morgan fingerprint density at radius 3 is 2.80 bits per heavy atom. The number of amides is 1. The summed E-state index contributed by atoms with van der Waals surface area (Å²) in [4.78, 5) is 13.9. The lowest BCUT2D eigenvalue weighted by molar-refractivity contribution is -0.130. The zero-order valence-electron chi connectivity index (χ0n) is 11.6. The highest BCUT2D eigenvalue weighted by Gasteiger charge is 2.33. The monoisotopic (exact) mass is 297 g/mol. The summed E-state index contributed by atoms with van der Waals surface area (Å²) < 4.78 is 12.8. The highest BCUT2D eigenvalue weighted by atomic mass is 32.2. The summed E-state index contributed by atoms with van der Waals surface area (Å²) in [6, 6.07) is 6.31. The van der Waals surface area contributed by atoms with Gasteiger partial charge in [0.05, 0.1) is 18.4 Å². The lowest BCUT2D eigenvalue weighted by atomic mass is 10.0. The molecule has 1 saturated heterocycles. The number of halogens is 1. The standard InChI is InChI=1S/C15H20FNO2S/c1-11-6-7-17(14(11)8-18)15(19)10-20-9-12-2-4-13(16)5-3-12/h2-5,11,14,18H,6-10H2,1H3. The van der Waals surface area contributed by atoms with Crippen molar-refractivity contribution in [3.05, 3.63) is 35.6 Å². The number of carbonyl (C=O) groups excluding carboxylic acids is 1. The molecule has 1 heterocycles. The Morgan fingerprint density at radius 2 is 2.15 bits per heavy atom. The van der Waals surface area contributed by atoms with Gasteiger partial charge in [0.1, 0.15) is 5.82 Å². The second kappa shape index (κ2) is 7.09. The minimum Gasteiger partial charge on any atom is -0.394 e. The van der Waals surface area contributed by atoms with Crippen LogP contribution in [0.4, 0.5) is 4.39 Å². The number of carbonyl (C=O) groups is 1. The predicted octanol–water partition coefficient (Wildman–Crippen LogP) is 2.29. The average Bonchev–Trinajstić information content (AvgIpc) is 2.82. The van der Waals surface area contributed by atoms with Gasteiger partial charge < -0.3 is 10.0 Å². The Kier molecular flexibility index (Phi) is 5.43. The Balaban J connectivity index is 1.79. The van der Waals surface area contributed by atoms with Crippen LogP contribution in [-0.2, 0) is 10.5 Å². The third-order valence-electron chi connectivity index (χ3n) is 3.80. The van der Waals surface area contributed by atoms with Gasteiger partial charge in [0, 0.05) is 12.3 Å². The Labute approximate surface area is 123 Å². The van der Waals surface area contributed by atoms with E-state index < -0.39 is 0 Å². The number of benzene rings is 1. The summed E-state index contributed by atoms with van der Waals surface area (Å²) in [5.74, 6) is 1.30. The predicted molar refractivity (Wildman–Crippen MR) is 78.9 cm³/mol. The number of rotatable bonds is 5. The number of hydrogen-bond donors (Lipinski definition) is 1. The van der Waals surface area contributed by atoms with E-state index in [4.69, 9.17) is 0 Å². The van der Waals surface area contributed by atoms with Gasteiger partial charge in [-0.2, -0.15) is 0 Å². The van der Waals surface area contributed by atoms with E-state index in [0.29, 0.717) is 17.4 Å². The quantitative estimate of drug-likeness (QED) is 0.906. The van der Waals surface area contributed by atoms with E-state index in [9.17, 15) is 14.3 Å². The van der Waals surface area contributed by atoms with Crippen molar-refractivity contribution in [3.63, 3.8) is 0 Å². The van der Waals surface area contributed by atoms with Gasteiger partial charge in [0.25, 0.3) is 0 Å². The summed E-state index contributed by atoms with van der Waals surface area (Å²) in [7, 11) is 0. The molecule has 20 heavy (non-hydrogen) atoms. The first-order valence-electron chi connectivity index (χ1n) is 6.84. The summed E-state index contributed by atoms with van der Waals surface area (Å²) in [6.45, 7) is 2.84. The molecular weight excluding hydrogens is 277 g/mol. The number of aliphatic hydroxyl groups is 1. The maximum atomic E-state index is 12.8. The molecule has 0 saturated carbocycles. The number of likely N-dealkylation sites (tertiary alicyclic amines) is 1. The van der Waals surface area contributed by atoms with Crippen LogP contribution < -0.4 is 0 Å². The van der Waals surface area contributed by atoms with Gasteiger partial charge in [0.15, 0.2) is 0 Å². The fourth-order valence-electron chi connectivity index (χ4n) is 2.52. The first-order chi connectivity index (χ1) is 9.61. The van der Waals surface area contributed by atoms with Crippen molar-refractivity contribution >= 4 is 17.7 Å². The normalized spacial score (nSPS) is 22.2. The SMILES string of the molecule is CC1CCN(C(=O)CSCc2ccc(F)cc2)C1CO. The molecular formula is C15H20FNO2S. The third-order valence-corrected chi connectivity index (χ3v) is 4.79. The molecule has 0 spiro atoms. The molecule has 1 aromatic rings. The fourth-order valence-corrected chi connectivity index (χ4v) is 3.39. The maximum Gasteiger partial charge on any atom is 0.232 e. The van der Waals surface area contributed by atoms with E-state index in [1.165, 1.54) is 23.9 Å². The zero-order chi connectivity index (χ0) is 14.5. The van der Waals surface area contributed by atoms with E-state index in [2.05, 4.69) is 6.92 Å². The molecule has 2 atom stereocenters. The van der Waals surface area contributed by atoms with Gasteiger partial charge in [0.2, 0.25) is 5.91 Å². The van der Waals surface area contributed by atoms with Crippen LogP contribution in [0.5, 0.6) is 0 Å². The zero-order valence-corrected chi connectivity index (χ0v) is 12.4. The summed E-state index contributed by atoms with van der Waals surface area (Å²) >= 11 is 1.53. The first-order valence-corrected chi connectivity index (χ1v) is 8.00. The lowest BCUT2D eigenvalue weighted by Crippen LogP contribution is -2.40. The van der Waals surface area contributed by atoms with Crippen LogP contribution in [0.15, 0.2) is 24.3 Å². The molecule has 0 bridgehead atoms. The molecule has 3 nitrogen and oxygen atoms in total. The molecule has 110 valence electrons.